The van der Waals surface area contributed by atoms with Gasteiger partial charge >= 0.3 is 0 Å². The van der Waals surface area contributed by atoms with Gasteiger partial charge in [-0.05, 0) is 51.9 Å². The quantitative estimate of drug-likeness (QED) is 0.854. The van der Waals surface area contributed by atoms with Gasteiger partial charge in [0.15, 0.2) is 0 Å². The van der Waals surface area contributed by atoms with Gasteiger partial charge in [0.2, 0.25) is 0 Å². The van der Waals surface area contributed by atoms with Crippen molar-refractivity contribution in [2.75, 3.05) is 18.0 Å². The van der Waals surface area contributed by atoms with Crippen LogP contribution in [0.5, 0.6) is 0 Å². The van der Waals surface area contributed by atoms with Crippen molar-refractivity contribution in [1.82, 2.24) is 5.32 Å². The number of benzene rings is 1. The van der Waals surface area contributed by atoms with Gasteiger partial charge in [0.05, 0.1) is 0 Å². The molecule has 2 nitrogen and oxygen atoms in total. The number of nitrogens with zero attached hydrogens (tertiary/aromatic N) is 1. The van der Waals surface area contributed by atoms with Crippen molar-refractivity contribution in [3.8, 4) is 0 Å². The van der Waals surface area contributed by atoms with Crippen LogP contribution >= 0.6 is 15.9 Å². The molecule has 1 heterocycles. The summed E-state index contributed by atoms with van der Waals surface area (Å²) in [7, 11) is 0. The molecule has 3 heteroatoms. The molecule has 2 rings (SSSR count). The first-order valence-corrected chi connectivity index (χ1v) is 7.06. The Morgan fingerprint density at radius 2 is 2.18 bits per heavy atom. The molecule has 1 atom stereocenters. The highest BCUT2D eigenvalue weighted by molar-refractivity contribution is 9.10. The third kappa shape index (κ3) is 2.83. The fraction of sp³-hybridized carbons (Fsp3) is 0.571. The lowest BCUT2D eigenvalue weighted by molar-refractivity contribution is 0.433. The number of anilines is 1. The minimum Gasteiger partial charge on any atom is -0.362 e. The van der Waals surface area contributed by atoms with E-state index in [-0.39, 0.29) is 5.54 Å². The van der Waals surface area contributed by atoms with E-state index in [1.54, 1.807) is 0 Å². The molecule has 1 fully saturated rings. The topological polar surface area (TPSA) is 15.3 Å². The van der Waals surface area contributed by atoms with E-state index in [0.717, 1.165) is 17.6 Å². The van der Waals surface area contributed by atoms with Crippen LogP contribution < -0.4 is 10.2 Å². The second-order valence-electron chi connectivity index (χ2n) is 5.48. The Kier molecular flexibility index (Phi) is 3.79. The summed E-state index contributed by atoms with van der Waals surface area (Å²) in [5.41, 5.74) is 1.46. The number of nitrogens with one attached hydrogen (secondary N) is 1. The molecule has 1 aromatic rings. The van der Waals surface area contributed by atoms with Gasteiger partial charge in [0, 0.05) is 28.3 Å². The highest BCUT2D eigenvalue weighted by Crippen LogP contribution is 2.30. The molecule has 1 aliphatic heterocycles. The summed E-state index contributed by atoms with van der Waals surface area (Å²) in [6.45, 7) is 9.07. The third-order valence-electron chi connectivity index (χ3n) is 3.48. The minimum atomic E-state index is 0.150. The van der Waals surface area contributed by atoms with Crippen LogP contribution in [-0.2, 0) is 0 Å². The van der Waals surface area contributed by atoms with Crippen LogP contribution in [0.3, 0.4) is 0 Å². The molecule has 1 saturated heterocycles. The van der Waals surface area contributed by atoms with E-state index in [9.17, 15) is 0 Å². The van der Waals surface area contributed by atoms with Gasteiger partial charge in [-0.25, -0.2) is 0 Å². The normalized spacial score (nSPS) is 24.5. The maximum Gasteiger partial charge on any atom is 0.0473 e. The van der Waals surface area contributed by atoms with Gasteiger partial charge in [0.1, 0.15) is 0 Å². The largest absolute Gasteiger partial charge is 0.362 e. The Morgan fingerprint density at radius 3 is 2.88 bits per heavy atom. The van der Waals surface area contributed by atoms with Gasteiger partial charge in [-0.1, -0.05) is 22.0 Å². The maximum absolute atomic E-state index is 3.56. The zero-order valence-electron chi connectivity index (χ0n) is 10.8. The van der Waals surface area contributed by atoms with Crippen LogP contribution in [0.15, 0.2) is 28.7 Å². The van der Waals surface area contributed by atoms with Crippen molar-refractivity contribution >= 4 is 21.6 Å². The van der Waals surface area contributed by atoms with Crippen molar-refractivity contribution in [1.29, 1.82) is 0 Å². The molecule has 1 unspecified atom stereocenters. The van der Waals surface area contributed by atoms with Crippen molar-refractivity contribution in [3.63, 3.8) is 0 Å². The summed E-state index contributed by atoms with van der Waals surface area (Å²) in [5.74, 6) is 0. The molecule has 1 aliphatic rings. The van der Waals surface area contributed by atoms with Crippen LogP contribution in [0.1, 0.15) is 27.2 Å². The Balaban J connectivity index is 2.38. The number of halogens is 1. The van der Waals surface area contributed by atoms with Gasteiger partial charge in [-0.2, -0.15) is 0 Å². The monoisotopic (exact) mass is 296 g/mol. The van der Waals surface area contributed by atoms with E-state index in [0.29, 0.717) is 6.04 Å². The van der Waals surface area contributed by atoms with E-state index in [2.05, 4.69) is 71.2 Å². The molecule has 0 amide bonds. The summed E-state index contributed by atoms with van der Waals surface area (Å²) >= 11 is 3.56. The van der Waals surface area contributed by atoms with Crippen molar-refractivity contribution < 1.29 is 0 Å². The lowest BCUT2D eigenvalue weighted by atomic mass is 9.99. The first-order valence-electron chi connectivity index (χ1n) is 6.26. The first-order chi connectivity index (χ1) is 8.00. The average molecular weight is 297 g/mol. The first kappa shape index (κ1) is 12.9. The molecular weight excluding hydrogens is 276 g/mol. The van der Waals surface area contributed by atoms with E-state index in [1.807, 2.05) is 0 Å². The van der Waals surface area contributed by atoms with Crippen molar-refractivity contribution in [3.05, 3.63) is 28.7 Å². The molecule has 1 aromatic carbocycles. The van der Waals surface area contributed by atoms with Gasteiger partial charge in [0.25, 0.3) is 0 Å². The second kappa shape index (κ2) is 4.99. The summed E-state index contributed by atoms with van der Waals surface area (Å²) in [6.07, 6.45) is 1.19. The Hall–Kier alpha value is -0.540. The molecule has 0 spiro atoms. The molecule has 0 radical (unpaired) electrons. The maximum atomic E-state index is 3.56. The van der Waals surface area contributed by atoms with Gasteiger partial charge < -0.3 is 10.2 Å². The predicted molar refractivity (Wildman–Crippen MR) is 77.6 cm³/mol. The summed E-state index contributed by atoms with van der Waals surface area (Å²) in [6, 6.07) is 9.17. The molecule has 94 valence electrons. The number of hydrogen-bond donors (Lipinski definition) is 1. The smallest absolute Gasteiger partial charge is 0.0473 e. The molecule has 0 aromatic heterocycles. The zero-order valence-corrected chi connectivity index (χ0v) is 12.4. The van der Waals surface area contributed by atoms with E-state index in [1.165, 1.54) is 12.1 Å². The molecule has 17 heavy (non-hydrogen) atoms. The van der Waals surface area contributed by atoms with Gasteiger partial charge in [-0.15, -0.1) is 0 Å². The third-order valence-corrected chi connectivity index (χ3v) is 3.97. The van der Waals surface area contributed by atoms with Crippen LogP contribution in [0.25, 0.3) is 0 Å². The molecular formula is C14H21BrN2. The predicted octanol–water partition coefficient (Wildman–Crippen LogP) is 3.42. The van der Waals surface area contributed by atoms with Crippen LogP contribution in [0.4, 0.5) is 5.69 Å². The highest BCUT2D eigenvalue weighted by atomic mass is 79.9. The second-order valence-corrected chi connectivity index (χ2v) is 6.39. The fourth-order valence-corrected chi connectivity index (χ4v) is 3.13. The van der Waals surface area contributed by atoms with Crippen LogP contribution in [0.2, 0.25) is 0 Å². The standard InChI is InChI=1S/C14H21BrN2/c1-11-7-8-16-10-14(2,3)17(11)13-6-4-5-12(15)9-13/h4-6,9,11,16H,7-8,10H2,1-3H3. The SMILES string of the molecule is CC1CCNCC(C)(C)N1c1cccc(Br)c1. The van der Waals surface area contributed by atoms with Crippen LogP contribution in [0, 0.1) is 0 Å². The molecule has 0 aliphatic carbocycles. The highest BCUT2D eigenvalue weighted by Gasteiger charge is 2.32. The molecule has 1 N–H and O–H groups in total. The average Bonchev–Trinajstić information content (AvgIpc) is 2.36. The Bertz CT molecular complexity index is 390. The van der Waals surface area contributed by atoms with Crippen molar-refractivity contribution in [2.24, 2.45) is 0 Å². The molecule has 0 bridgehead atoms. The lowest BCUT2D eigenvalue weighted by Crippen LogP contribution is -2.51. The number of hydrogen-bond acceptors (Lipinski definition) is 2. The summed E-state index contributed by atoms with van der Waals surface area (Å²) in [5, 5.41) is 3.53. The van der Waals surface area contributed by atoms with Crippen LogP contribution in [-0.4, -0.2) is 24.7 Å². The van der Waals surface area contributed by atoms with E-state index in [4.69, 9.17) is 0 Å². The Morgan fingerprint density at radius 1 is 1.41 bits per heavy atom. The van der Waals surface area contributed by atoms with E-state index >= 15 is 0 Å². The fourth-order valence-electron chi connectivity index (χ4n) is 2.75. The van der Waals surface area contributed by atoms with Crippen molar-refractivity contribution in [2.45, 2.75) is 38.8 Å². The number of rotatable bonds is 1. The minimum absolute atomic E-state index is 0.150. The lowest BCUT2D eigenvalue weighted by Gasteiger charge is -2.42. The summed E-state index contributed by atoms with van der Waals surface area (Å²) < 4.78 is 1.15. The Labute approximate surface area is 113 Å². The molecule has 0 saturated carbocycles. The zero-order chi connectivity index (χ0) is 12.5. The van der Waals surface area contributed by atoms with Gasteiger partial charge in [-0.3, -0.25) is 0 Å². The van der Waals surface area contributed by atoms with E-state index < -0.39 is 0 Å². The summed E-state index contributed by atoms with van der Waals surface area (Å²) in [4.78, 5) is 2.54.